The van der Waals surface area contributed by atoms with Crippen LogP contribution < -0.4 is 14.8 Å². The van der Waals surface area contributed by atoms with Crippen molar-refractivity contribution in [1.29, 1.82) is 0 Å². The minimum atomic E-state index is -1.56. The Kier molecular flexibility index (Phi) is 12.1. The highest BCUT2D eigenvalue weighted by Gasteiger charge is 2.54. The van der Waals surface area contributed by atoms with Crippen LogP contribution in [0.15, 0.2) is 109 Å². The van der Waals surface area contributed by atoms with Crippen molar-refractivity contribution in [3.8, 4) is 28.7 Å². The van der Waals surface area contributed by atoms with Gasteiger partial charge in [-0.3, -0.25) is 4.79 Å². The fraction of sp³-hybridized carbons (Fsp3) is 0.312. The predicted molar refractivity (Wildman–Crippen MR) is 224 cm³/mol. The molecule has 0 aliphatic heterocycles. The first-order chi connectivity index (χ1) is 28.1. The number of methoxy groups -OCH3 is 2. The van der Waals surface area contributed by atoms with Gasteiger partial charge in [-0.05, 0) is 126 Å². The number of aliphatic hydroxyl groups excluding tert-OH is 2. The Bertz CT molecular complexity index is 2370. The molecule has 7 N–H and O–H groups in total. The third-order valence-electron chi connectivity index (χ3n) is 12.0. The molecule has 1 aliphatic carbocycles. The lowest BCUT2D eigenvalue weighted by Gasteiger charge is -2.46. The highest BCUT2D eigenvalue weighted by atomic mass is 16.5. The number of phenols is 3. The molecule has 302 valence electrons. The van der Waals surface area contributed by atoms with Crippen LogP contribution in [0.25, 0.3) is 10.8 Å². The second-order valence-corrected chi connectivity index (χ2v) is 15.6. The number of H-pyrrole nitrogens is 1. The number of carbonyl (C=O) groups is 1. The summed E-state index contributed by atoms with van der Waals surface area (Å²) in [6.45, 7) is 0.413. The Morgan fingerprint density at radius 3 is 2.38 bits per heavy atom. The maximum Gasteiger partial charge on any atom is 0.164 e. The zero-order valence-electron chi connectivity index (χ0n) is 33.1. The van der Waals surface area contributed by atoms with Crippen molar-refractivity contribution in [1.82, 2.24) is 10.3 Å². The van der Waals surface area contributed by atoms with Gasteiger partial charge in [0.25, 0.3) is 0 Å². The SMILES string of the molecule is CNCc1cc(O)cc([C@@]2(Cc3ccc(O)c(OC)c3)C(=O)[C@H]([C@@H](O)[C@H](Cc3cc[nH]c3)Cc3ccc(O)c(OC)c3Cc3cccc4ccccc34)CC[C@H]2O)c1. The lowest BCUT2D eigenvalue weighted by Crippen LogP contribution is -2.57. The number of phenolic OH excluding ortho intramolecular Hbond substituents is 3. The first-order valence-corrected chi connectivity index (χ1v) is 19.8. The summed E-state index contributed by atoms with van der Waals surface area (Å²) in [7, 11) is 4.77. The summed E-state index contributed by atoms with van der Waals surface area (Å²) in [6.07, 6.45) is 3.17. The van der Waals surface area contributed by atoms with Gasteiger partial charge in [0.05, 0.1) is 31.8 Å². The van der Waals surface area contributed by atoms with Gasteiger partial charge in [0, 0.05) is 36.8 Å². The monoisotopic (exact) mass is 784 g/mol. The van der Waals surface area contributed by atoms with Gasteiger partial charge in [0.15, 0.2) is 28.8 Å². The smallest absolute Gasteiger partial charge is 0.164 e. The van der Waals surface area contributed by atoms with E-state index in [1.165, 1.54) is 26.4 Å². The first-order valence-electron chi connectivity index (χ1n) is 19.8. The van der Waals surface area contributed by atoms with Crippen LogP contribution in [-0.4, -0.2) is 69.8 Å². The number of Topliss-reactive ketones (excluding diaryl/α,β-unsaturated/α-hetero) is 1. The number of rotatable bonds is 15. The molecule has 0 spiro atoms. The number of aromatic hydroxyl groups is 3. The van der Waals surface area contributed by atoms with Crippen LogP contribution >= 0.6 is 0 Å². The molecule has 6 aromatic rings. The standard InChI is InChI=1S/C48H52N2O8/c1-49-27-31-20-36(25-37(51)21-31)48(26-29-11-14-41(52)43(22-29)57-2)44(54)16-13-39(47(48)56)45(55)35(19-30-17-18-50-28-30)23-34-12-15-42(53)46(58-3)40(34)24-33-9-6-8-32-7-4-5-10-38(32)33/h4-12,14-15,17-18,20-22,25,28,35,39,44-45,49-55H,13,16,19,23-24,26-27H2,1-3H3/t35-,39+,44-,45+,48-/m1/s1. The maximum atomic E-state index is 15.5. The predicted octanol–water partition coefficient (Wildman–Crippen LogP) is 6.90. The molecule has 1 heterocycles. The van der Waals surface area contributed by atoms with E-state index in [4.69, 9.17) is 9.47 Å². The number of benzene rings is 5. The number of nitrogens with one attached hydrogen (secondary N) is 2. The van der Waals surface area contributed by atoms with Crippen molar-refractivity contribution in [3.63, 3.8) is 0 Å². The van der Waals surface area contributed by atoms with E-state index in [0.29, 0.717) is 42.7 Å². The minimum Gasteiger partial charge on any atom is -0.508 e. The maximum absolute atomic E-state index is 15.5. The van der Waals surface area contributed by atoms with E-state index in [9.17, 15) is 25.5 Å². The summed E-state index contributed by atoms with van der Waals surface area (Å²) >= 11 is 0. The molecule has 10 nitrogen and oxygen atoms in total. The molecule has 5 aromatic carbocycles. The van der Waals surface area contributed by atoms with E-state index in [0.717, 1.165) is 38.6 Å². The van der Waals surface area contributed by atoms with Crippen molar-refractivity contribution >= 4 is 16.6 Å². The molecule has 1 saturated carbocycles. The third kappa shape index (κ3) is 8.00. The van der Waals surface area contributed by atoms with E-state index in [-0.39, 0.29) is 48.0 Å². The Hall–Kier alpha value is -5.81. The van der Waals surface area contributed by atoms with E-state index >= 15 is 4.79 Å². The zero-order chi connectivity index (χ0) is 41.0. The summed E-state index contributed by atoms with van der Waals surface area (Å²) < 4.78 is 11.3. The van der Waals surface area contributed by atoms with E-state index in [2.05, 4.69) is 34.6 Å². The molecule has 1 aliphatic rings. The van der Waals surface area contributed by atoms with Gasteiger partial charge in [-0.2, -0.15) is 0 Å². The van der Waals surface area contributed by atoms with Gasteiger partial charge in [-0.1, -0.05) is 60.7 Å². The fourth-order valence-electron chi connectivity index (χ4n) is 9.19. The van der Waals surface area contributed by atoms with Gasteiger partial charge in [-0.25, -0.2) is 0 Å². The summed E-state index contributed by atoms with van der Waals surface area (Å²) in [4.78, 5) is 18.6. The second-order valence-electron chi connectivity index (χ2n) is 15.6. The number of ketones is 1. The zero-order valence-corrected chi connectivity index (χ0v) is 33.1. The van der Waals surface area contributed by atoms with Gasteiger partial charge < -0.3 is 45.3 Å². The van der Waals surface area contributed by atoms with Crippen LogP contribution in [0, 0.1) is 11.8 Å². The fourth-order valence-corrected chi connectivity index (χ4v) is 9.19. The molecule has 5 atom stereocenters. The quantitative estimate of drug-likeness (QED) is 0.0587. The average molecular weight is 785 g/mol. The molecular weight excluding hydrogens is 733 g/mol. The largest absolute Gasteiger partial charge is 0.508 e. The van der Waals surface area contributed by atoms with Crippen molar-refractivity contribution in [2.24, 2.45) is 11.8 Å². The van der Waals surface area contributed by atoms with Crippen LogP contribution in [0.5, 0.6) is 28.7 Å². The van der Waals surface area contributed by atoms with Crippen molar-refractivity contribution in [2.45, 2.75) is 62.7 Å². The highest BCUT2D eigenvalue weighted by molar-refractivity contribution is 5.95. The lowest BCUT2D eigenvalue weighted by atomic mass is 9.58. The molecule has 58 heavy (non-hydrogen) atoms. The van der Waals surface area contributed by atoms with Crippen LogP contribution in [0.4, 0.5) is 0 Å². The number of aromatic amines is 1. The Morgan fingerprint density at radius 2 is 1.62 bits per heavy atom. The number of carbonyl (C=O) groups excluding carboxylic acids is 1. The van der Waals surface area contributed by atoms with Gasteiger partial charge in [0.2, 0.25) is 0 Å². The number of aromatic nitrogens is 1. The Labute approximate surface area is 338 Å². The molecule has 0 saturated heterocycles. The summed E-state index contributed by atoms with van der Waals surface area (Å²) in [5, 5.41) is 62.5. The number of hydrogen-bond acceptors (Lipinski definition) is 9. The summed E-state index contributed by atoms with van der Waals surface area (Å²) in [6, 6.07) is 29.6. The van der Waals surface area contributed by atoms with Crippen LogP contribution in [0.1, 0.15) is 51.8 Å². The molecular formula is C48H52N2O8. The minimum absolute atomic E-state index is 0.0140. The summed E-state index contributed by atoms with van der Waals surface area (Å²) in [5.41, 5.74) is 3.93. The van der Waals surface area contributed by atoms with Gasteiger partial charge in [-0.15, -0.1) is 0 Å². The molecule has 1 fully saturated rings. The topological polar surface area (TPSA) is 164 Å². The second kappa shape index (κ2) is 17.4. The molecule has 10 heteroatoms. The third-order valence-corrected chi connectivity index (χ3v) is 12.0. The van der Waals surface area contributed by atoms with Crippen molar-refractivity contribution < 1.29 is 39.8 Å². The number of hydrogen-bond donors (Lipinski definition) is 7. The van der Waals surface area contributed by atoms with Crippen LogP contribution in [0.2, 0.25) is 0 Å². The number of fused-ring (bicyclic) bond motifs is 1. The molecule has 1 aromatic heterocycles. The Balaban J connectivity index is 1.31. The van der Waals surface area contributed by atoms with Crippen LogP contribution in [0.3, 0.4) is 0 Å². The normalized spacial score (nSPS) is 19.2. The molecule has 0 unspecified atom stereocenters. The van der Waals surface area contributed by atoms with Crippen molar-refractivity contribution in [3.05, 3.63) is 148 Å². The highest BCUT2D eigenvalue weighted by Crippen LogP contribution is 2.47. The molecule has 7 rings (SSSR count). The first kappa shape index (κ1) is 40.4. The number of ether oxygens (including phenoxy) is 2. The average Bonchev–Trinajstić information content (AvgIpc) is 3.74. The van der Waals surface area contributed by atoms with Gasteiger partial charge in [0.1, 0.15) is 5.75 Å². The van der Waals surface area contributed by atoms with E-state index in [1.807, 2.05) is 48.8 Å². The van der Waals surface area contributed by atoms with E-state index in [1.54, 1.807) is 31.3 Å². The molecule has 0 amide bonds. The van der Waals surface area contributed by atoms with Crippen molar-refractivity contribution in [2.75, 3.05) is 21.3 Å². The molecule has 0 bridgehead atoms. The van der Waals surface area contributed by atoms with Gasteiger partial charge >= 0.3 is 0 Å². The summed E-state index contributed by atoms with van der Waals surface area (Å²) in [5.74, 6) is -1.19. The number of aliphatic hydroxyl groups is 2. The van der Waals surface area contributed by atoms with Crippen LogP contribution in [-0.2, 0) is 42.4 Å². The molecule has 0 radical (unpaired) electrons. The van der Waals surface area contributed by atoms with E-state index < -0.39 is 29.5 Å². The Morgan fingerprint density at radius 1 is 0.828 bits per heavy atom. The lowest BCUT2D eigenvalue weighted by molar-refractivity contribution is -0.144.